The Labute approximate surface area is 152 Å². The van der Waals surface area contributed by atoms with Crippen LogP contribution in [-0.4, -0.2) is 10.9 Å². The van der Waals surface area contributed by atoms with E-state index in [1.807, 2.05) is 0 Å². The summed E-state index contributed by atoms with van der Waals surface area (Å²) in [6, 6.07) is 0.544. The number of hydrogen-bond donors (Lipinski definition) is 0. The van der Waals surface area contributed by atoms with E-state index in [9.17, 15) is 0 Å². The van der Waals surface area contributed by atoms with Gasteiger partial charge in [-0.1, -0.05) is 74.0 Å². The molecule has 1 rings (SSSR count). The molecule has 0 spiro atoms. The van der Waals surface area contributed by atoms with Crippen LogP contribution in [0.5, 0.6) is 0 Å². The van der Waals surface area contributed by atoms with E-state index >= 15 is 0 Å². The summed E-state index contributed by atoms with van der Waals surface area (Å²) in [5, 5.41) is 0. The van der Waals surface area contributed by atoms with Crippen molar-refractivity contribution in [3.8, 4) is 0 Å². The topological polar surface area (TPSA) is 3.24 Å². The molecule has 0 aromatic rings. The molecule has 1 saturated carbocycles. The molecule has 5 unspecified atom stereocenters. The fourth-order valence-electron chi connectivity index (χ4n) is 5.46. The van der Waals surface area contributed by atoms with Gasteiger partial charge in [-0.25, -0.2) is 0 Å². The third kappa shape index (κ3) is 4.27. The molecule has 1 heteroatoms. The number of nitrogens with zero attached hydrogens (tertiary/aromatic N) is 1. The molecule has 0 saturated heterocycles. The van der Waals surface area contributed by atoms with E-state index in [1.54, 1.807) is 0 Å². The van der Waals surface area contributed by atoms with Crippen molar-refractivity contribution in [2.75, 3.05) is 0 Å². The van der Waals surface area contributed by atoms with Gasteiger partial charge in [-0.05, 0) is 55.8 Å². The first-order valence-electron chi connectivity index (χ1n) is 10.2. The van der Waals surface area contributed by atoms with Crippen LogP contribution < -0.4 is 0 Å². The third-order valence-corrected chi connectivity index (χ3v) is 6.44. The van der Waals surface area contributed by atoms with Crippen LogP contribution in [-0.2, 0) is 0 Å². The fraction of sp³-hybridized carbons (Fsp3) is 0.826. The molecule has 0 aromatic heterocycles. The summed E-state index contributed by atoms with van der Waals surface area (Å²) in [7, 11) is 0. The summed E-state index contributed by atoms with van der Waals surface area (Å²) in [6.07, 6.45) is 7.65. The van der Waals surface area contributed by atoms with E-state index in [2.05, 4.69) is 79.9 Å². The molecule has 5 atom stereocenters. The molecule has 0 N–H and O–H groups in total. The summed E-state index contributed by atoms with van der Waals surface area (Å²) in [5.74, 6) is 2.95. The molecular weight excluding hydrogens is 290 g/mol. The standard InChI is InChI=1S/C23H43N/c1-11-13-21-19(8)15-23(21,10)22(16(3)4)24(17(5)6)20(9)14-18(7)12-2/h14,16,18-19,21-22H,5,11-13,15H2,1-4,6-10H3/b20-14+. The third-order valence-electron chi connectivity index (χ3n) is 6.44. The molecule has 1 nitrogen and oxygen atoms in total. The quantitative estimate of drug-likeness (QED) is 0.429. The van der Waals surface area contributed by atoms with Crippen molar-refractivity contribution in [3.05, 3.63) is 24.0 Å². The normalized spacial score (nSPS) is 30.0. The van der Waals surface area contributed by atoms with Crippen LogP contribution in [0.1, 0.15) is 88.0 Å². The average Bonchev–Trinajstić information content (AvgIpc) is 2.48. The Bertz CT molecular complexity index is 447. The van der Waals surface area contributed by atoms with Crippen LogP contribution in [0.25, 0.3) is 0 Å². The maximum absolute atomic E-state index is 4.36. The second-order valence-corrected chi connectivity index (χ2v) is 9.07. The van der Waals surface area contributed by atoms with Crippen LogP contribution in [0.2, 0.25) is 0 Å². The van der Waals surface area contributed by atoms with E-state index in [1.165, 1.54) is 37.1 Å². The van der Waals surface area contributed by atoms with E-state index < -0.39 is 0 Å². The zero-order chi connectivity index (χ0) is 18.7. The van der Waals surface area contributed by atoms with E-state index in [4.69, 9.17) is 0 Å². The fourth-order valence-corrected chi connectivity index (χ4v) is 5.46. The zero-order valence-corrected chi connectivity index (χ0v) is 17.9. The SMILES string of the molecule is C=C(C)N(/C(C)=C/C(C)CC)C(C(C)C)C1(C)CC(C)C1CCC. The van der Waals surface area contributed by atoms with Crippen molar-refractivity contribution in [1.82, 2.24) is 4.90 Å². The lowest BCUT2D eigenvalue weighted by molar-refractivity contribution is -0.0929. The Balaban J connectivity index is 3.24. The molecule has 1 aliphatic carbocycles. The van der Waals surface area contributed by atoms with Crippen LogP contribution in [0.4, 0.5) is 0 Å². The van der Waals surface area contributed by atoms with Gasteiger partial charge in [-0.2, -0.15) is 0 Å². The summed E-state index contributed by atoms with van der Waals surface area (Å²) in [5.41, 5.74) is 2.99. The zero-order valence-electron chi connectivity index (χ0n) is 17.9. The molecule has 24 heavy (non-hydrogen) atoms. The van der Waals surface area contributed by atoms with Crippen LogP contribution in [0.15, 0.2) is 24.0 Å². The van der Waals surface area contributed by atoms with Crippen LogP contribution in [0.3, 0.4) is 0 Å². The summed E-state index contributed by atoms with van der Waals surface area (Å²) in [4.78, 5) is 2.57. The highest BCUT2D eigenvalue weighted by atomic mass is 15.2. The average molecular weight is 334 g/mol. The van der Waals surface area contributed by atoms with Gasteiger partial charge < -0.3 is 4.90 Å². The van der Waals surface area contributed by atoms with Gasteiger partial charge in [0.25, 0.3) is 0 Å². The van der Waals surface area contributed by atoms with Crippen LogP contribution >= 0.6 is 0 Å². The highest BCUT2D eigenvalue weighted by Gasteiger charge is 2.54. The van der Waals surface area contributed by atoms with Crippen molar-refractivity contribution in [1.29, 1.82) is 0 Å². The van der Waals surface area contributed by atoms with Crippen molar-refractivity contribution >= 4 is 0 Å². The lowest BCUT2D eigenvalue weighted by Crippen LogP contribution is -2.59. The molecule has 1 aliphatic rings. The highest BCUT2D eigenvalue weighted by Crippen LogP contribution is 2.58. The molecule has 0 aliphatic heterocycles. The maximum Gasteiger partial charge on any atom is 0.0414 e. The smallest absolute Gasteiger partial charge is 0.0414 e. The second kappa shape index (κ2) is 8.59. The number of hydrogen-bond acceptors (Lipinski definition) is 1. The lowest BCUT2D eigenvalue weighted by Gasteiger charge is -2.61. The van der Waals surface area contributed by atoms with E-state index in [0.29, 0.717) is 23.3 Å². The van der Waals surface area contributed by atoms with Gasteiger partial charge in [-0.3, -0.25) is 0 Å². The first-order valence-corrected chi connectivity index (χ1v) is 10.2. The van der Waals surface area contributed by atoms with Gasteiger partial charge in [0.1, 0.15) is 0 Å². The van der Waals surface area contributed by atoms with Crippen molar-refractivity contribution in [3.63, 3.8) is 0 Å². The Morgan fingerprint density at radius 2 is 1.83 bits per heavy atom. The minimum Gasteiger partial charge on any atom is -0.346 e. The van der Waals surface area contributed by atoms with E-state index in [0.717, 1.165) is 11.8 Å². The molecule has 0 heterocycles. The first-order chi connectivity index (χ1) is 11.1. The van der Waals surface area contributed by atoms with E-state index in [-0.39, 0.29) is 0 Å². The van der Waals surface area contributed by atoms with Gasteiger partial charge in [0.05, 0.1) is 0 Å². The van der Waals surface area contributed by atoms with Crippen molar-refractivity contribution in [2.45, 2.75) is 94.0 Å². The Morgan fingerprint density at radius 3 is 2.21 bits per heavy atom. The number of rotatable bonds is 9. The molecule has 140 valence electrons. The van der Waals surface area contributed by atoms with Crippen molar-refractivity contribution < 1.29 is 0 Å². The van der Waals surface area contributed by atoms with Gasteiger partial charge >= 0.3 is 0 Å². The molecule has 0 bridgehead atoms. The first kappa shape index (κ1) is 21.3. The minimum absolute atomic E-state index is 0.396. The maximum atomic E-state index is 4.36. The molecular formula is C23H43N. The molecule has 0 amide bonds. The summed E-state index contributed by atoms with van der Waals surface area (Å²) < 4.78 is 0. The largest absolute Gasteiger partial charge is 0.346 e. The Kier molecular flexibility index (Phi) is 7.63. The van der Waals surface area contributed by atoms with Gasteiger partial charge in [-0.15, -0.1) is 0 Å². The molecule has 0 radical (unpaired) electrons. The minimum atomic E-state index is 0.396. The Hall–Kier alpha value is -0.720. The van der Waals surface area contributed by atoms with Gasteiger partial charge in [0.15, 0.2) is 0 Å². The van der Waals surface area contributed by atoms with Crippen LogP contribution in [0, 0.1) is 29.1 Å². The van der Waals surface area contributed by atoms with Gasteiger partial charge in [0.2, 0.25) is 0 Å². The predicted molar refractivity (Wildman–Crippen MR) is 109 cm³/mol. The molecule has 0 aromatic carbocycles. The summed E-state index contributed by atoms with van der Waals surface area (Å²) in [6.45, 7) is 25.5. The van der Waals surface area contributed by atoms with Crippen molar-refractivity contribution in [2.24, 2.45) is 29.1 Å². The Morgan fingerprint density at radius 1 is 1.25 bits per heavy atom. The lowest BCUT2D eigenvalue weighted by atomic mass is 9.49. The summed E-state index contributed by atoms with van der Waals surface area (Å²) >= 11 is 0. The predicted octanol–water partition coefficient (Wildman–Crippen LogP) is 7.26. The number of allylic oxidation sites excluding steroid dienone is 3. The monoisotopic (exact) mass is 333 g/mol. The highest BCUT2D eigenvalue weighted by molar-refractivity contribution is 5.16. The second-order valence-electron chi connectivity index (χ2n) is 9.07. The molecule has 1 fully saturated rings. The van der Waals surface area contributed by atoms with Gasteiger partial charge in [0, 0.05) is 17.4 Å².